The maximum Gasteiger partial charge on any atom is 0.150 e. The maximum absolute atomic E-state index is 4.43. The first kappa shape index (κ1) is 13.1. The van der Waals surface area contributed by atoms with Crippen molar-refractivity contribution in [2.24, 2.45) is 0 Å². The third-order valence-corrected chi connectivity index (χ3v) is 5.54. The van der Waals surface area contributed by atoms with Crippen LogP contribution in [0.3, 0.4) is 0 Å². The first-order valence-corrected chi connectivity index (χ1v) is 8.32. The Labute approximate surface area is 114 Å². The third kappa shape index (κ3) is 4.10. The number of hydrogen-bond donors (Lipinski definition) is 1. The highest BCUT2D eigenvalue weighted by Crippen LogP contribution is 2.22. The van der Waals surface area contributed by atoms with Gasteiger partial charge in [0.05, 0.1) is 0 Å². The van der Waals surface area contributed by atoms with Crippen LogP contribution in [-0.4, -0.2) is 17.3 Å². The molecule has 0 saturated heterocycles. The smallest absolute Gasteiger partial charge is 0.150 e. The summed E-state index contributed by atoms with van der Waals surface area (Å²) in [5.41, 5.74) is 1.12. The maximum atomic E-state index is 4.43. The van der Waals surface area contributed by atoms with Gasteiger partial charge >= 0.3 is 0 Å². The normalized spacial score (nSPS) is 12.8. The molecule has 1 atom stereocenters. The fourth-order valence-corrected chi connectivity index (χ4v) is 4.00. The molecular weight excluding hydrogens is 268 g/mol. The van der Waals surface area contributed by atoms with E-state index in [0.717, 1.165) is 18.0 Å². The summed E-state index contributed by atoms with van der Waals surface area (Å²) in [5.74, 6) is 1.07. The summed E-state index contributed by atoms with van der Waals surface area (Å²) in [6, 6.07) is 4.74. The second-order valence-corrected chi connectivity index (χ2v) is 6.97. The van der Waals surface area contributed by atoms with E-state index in [0.29, 0.717) is 6.04 Å². The van der Waals surface area contributed by atoms with Crippen LogP contribution < -0.4 is 5.32 Å². The van der Waals surface area contributed by atoms with Crippen LogP contribution in [0.15, 0.2) is 27.2 Å². The first-order valence-electron chi connectivity index (χ1n) is 5.57. The molecule has 0 radical (unpaired) electrons. The molecule has 2 aromatic rings. The average molecular weight is 284 g/mol. The number of hydrogen-bond acceptors (Lipinski definition) is 5. The van der Waals surface area contributed by atoms with Gasteiger partial charge in [0.25, 0.3) is 0 Å². The molecule has 2 nitrogen and oxygen atoms in total. The lowest BCUT2D eigenvalue weighted by atomic mass is 10.3. The van der Waals surface area contributed by atoms with Crippen molar-refractivity contribution in [1.82, 2.24) is 10.3 Å². The van der Waals surface area contributed by atoms with Gasteiger partial charge in [-0.05, 0) is 25.3 Å². The van der Waals surface area contributed by atoms with Crippen molar-refractivity contribution in [3.05, 3.63) is 33.5 Å². The van der Waals surface area contributed by atoms with Crippen LogP contribution in [0, 0.1) is 6.92 Å². The van der Waals surface area contributed by atoms with E-state index in [1.165, 1.54) is 9.22 Å². The molecule has 0 aliphatic rings. The Morgan fingerprint density at radius 1 is 1.47 bits per heavy atom. The predicted octanol–water partition coefficient (Wildman–Crippen LogP) is 3.96. The number of nitrogens with zero attached hydrogens (tertiary/aromatic N) is 1. The summed E-state index contributed by atoms with van der Waals surface area (Å²) in [4.78, 5) is 5.84. The zero-order valence-corrected chi connectivity index (χ0v) is 12.4. The summed E-state index contributed by atoms with van der Waals surface area (Å²) in [5, 5.41) is 7.76. The Balaban J connectivity index is 1.66. The fraction of sp³-hybridized carbons (Fsp3) is 0.417. The summed E-state index contributed by atoms with van der Waals surface area (Å²) < 4.78 is 1.17. The van der Waals surface area contributed by atoms with Crippen LogP contribution in [0.4, 0.5) is 0 Å². The Morgan fingerprint density at radius 2 is 2.35 bits per heavy atom. The molecule has 0 aromatic carbocycles. The summed E-state index contributed by atoms with van der Waals surface area (Å²) in [6.07, 6.45) is 0. The Morgan fingerprint density at radius 3 is 3.00 bits per heavy atom. The Hall–Kier alpha value is -0.360. The molecule has 0 spiro atoms. The van der Waals surface area contributed by atoms with Crippen molar-refractivity contribution in [2.75, 3.05) is 12.3 Å². The molecule has 17 heavy (non-hydrogen) atoms. The zero-order chi connectivity index (χ0) is 12.1. The number of aryl methyl sites for hydroxylation is 1. The van der Waals surface area contributed by atoms with Crippen LogP contribution in [0.5, 0.6) is 0 Å². The van der Waals surface area contributed by atoms with E-state index in [4.69, 9.17) is 0 Å². The minimum absolute atomic E-state index is 0.452. The van der Waals surface area contributed by atoms with Crippen LogP contribution in [-0.2, 0) is 0 Å². The van der Waals surface area contributed by atoms with E-state index >= 15 is 0 Å². The van der Waals surface area contributed by atoms with Gasteiger partial charge < -0.3 is 5.32 Å². The number of thioether (sulfide) groups is 1. The highest BCUT2D eigenvalue weighted by atomic mass is 32.2. The van der Waals surface area contributed by atoms with E-state index < -0.39 is 0 Å². The summed E-state index contributed by atoms with van der Waals surface area (Å²) >= 11 is 5.37. The van der Waals surface area contributed by atoms with E-state index in [2.05, 4.69) is 40.1 Å². The van der Waals surface area contributed by atoms with Crippen molar-refractivity contribution in [3.63, 3.8) is 0 Å². The van der Waals surface area contributed by atoms with Gasteiger partial charge in [0, 0.05) is 34.3 Å². The molecule has 1 N–H and O–H groups in total. The third-order valence-electron chi connectivity index (χ3n) is 2.35. The fourth-order valence-electron chi connectivity index (χ4n) is 1.45. The molecule has 2 rings (SSSR count). The van der Waals surface area contributed by atoms with Gasteiger partial charge in [0.2, 0.25) is 0 Å². The van der Waals surface area contributed by atoms with Crippen molar-refractivity contribution < 1.29 is 0 Å². The SMILES string of the molecule is Cc1csc(SCCNC(C)c2cccs2)n1. The molecule has 0 aliphatic carbocycles. The number of nitrogens with one attached hydrogen (secondary N) is 1. The lowest BCUT2D eigenvalue weighted by molar-refractivity contribution is 0.610. The molecular formula is C12H16N2S3. The molecule has 5 heteroatoms. The molecule has 0 saturated carbocycles. The quantitative estimate of drug-likeness (QED) is 0.642. The second-order valence-electron chi connectivity index (χ2n) is 3.79. The summed E-state index contributed by atoms with van der Waals surface area (Å²) in [6.45, 7) is 5.27. The zero-order valence-electron chi connectivity index (χ0n) is 9.97. The molecule has 0 bridgehead atoms. The second kappa shape index (κ2) is 6.54. The van der Waals surface area contributed by atoms with E-state index in [1.807, 2.05) is 30.0 Å². The monoisotopic (exact) mass is 284 g/mol. The molecule has 1 unspecified atom stereocenters. The van der Waals surface area contributed by atoms with E-state index in [-0.39, 0.29) is 0 Å². The molecule has 2 aromatic heterocycles. The van der Waals surface area contributed by atoms with Gasteiger partial charge in [0.1, 0.15) is 4.34 Å². The number of thiazole rings is 1. The molecule has 92 valence electrons. The van der Waals surface area contributed by atoms with Gasteiger partial charge in [-0.15, -0.1) is 22.7 Å². The van der Waals surface area contributed by atoms with E-state index in [1.54, 1.807) is 11.3 Å². The molecule has 0 amide bonds. The topological polar surface area (TPSA) is 24.9 Å². The molecule has 0 fully saturated rings. The average Bonchev–Trinajstić information content (AvgIpc) is 2.95. The lowest BCUT2D eigenvalue weighted by Gasteiger charge is -2.10. The van der Waals surface area contributed by atoms with Crippen molar-refractivity contribution in [1.29, 1.82) is 0 Å². The Bertz CT molecular complexity index is 436. The van der Waals surface area contributed by atoms with Crippen LogP contribution in [0.1, 0.15) is 23.5 Å². The highest BCUT2D eigenvalue weighted by molar-refractivity contribution is 8.01. The number of thiophene rings is 1. The van der Waals surface area contributed by atoms with E-state index in [9.17, 15) is 0 Å². The van der Waals surface area contributed by atoms with Crippen LogP contribution >= 0.6 is 34.4 Å². The molecule has 0 aliphatic heterocycles. The van der Waals surface area contributed by atoms with Gasteiger partial charge in [-0.25, -0.2) is 4.98 Å². The molecule has 2 heterocycles. The van der Waals surface area contributed by atoms with Gasteiger partial charge in [0.15, 0.2) is 0 Å². The van der Waals surface area contributed by atoms with Crippen molar-refractivity contribution in [3.8, 4) is 0 Å². The lowest BCUT2D eigenvalue weighted by Crippen LogP contribution is -2.20. The first-order chi connectivity index (χ1) is 8.25. The highest BCUT2D eigenvalue weighted by Gasteiger charge is 2.05. The summed E-state index contributed by atoms with van der Waals surface area (Å²) in [7, 11) is 0. The number of rotatable bonds is 6. The van der Waals surface area contributed by atoms with Gasteiger partial charge in [-0.3, -0.25) is 0 Å². The number of aromatic nitrogens is 1. The van der Waals surface area contributed by atoms with Crippen LogP contribution in [0.2, 0.25) is 0 Å². The van der Waals surface area contributed by atoms with Crippen LogP contribution in [0.25, 0.3) is 0 Å². The standard InChI is InChI=1S/C12H16N2S3/c1-9-8-17-12(14-9)16-7-5-13-10(2)11-4-3-6-15-11/h3-4,6,8,10,13H,5,7H2,1-2H3. The predicted molar refractivity (Wildman–Crippen MR) is 78.3 cm³/mol. The van der Waals surface area contributed by atoms with Crippen molar-refractivity contribution in [2.45, 2.75) is 24.2 Å². The minimum Gasteiger partial charge on any atom is -0.309 e. The largest absolute Gasteiger partial charge is 0.309 e. The Kier molecular flexibility index (Phi) is 5.03. The van der Waals surface area contributed by atoms with Gasteiger partial charge in [-0.2, -0.15) is 0 Å². The minimum atomic E-state index is 0.452. The van der Waals surface area contributed by atoms with Gasteiger partial charge in [-0.1, -0.05) is 17.8 Å². The van der Waals surface area contributed by atoms with Crippen molar-refractivity contribution >= 4 is 34.4 Å².